The largest absolute Gasteiger partial charge is 0.334 e. The molecule has 1 N–H and O–H groups in total. The number of hydrogen-bond acceptors (Lipinski definition) is 2. The summed E-state index contributed by atoms with van der Waals surface area (Å²) in [7, 11) is 0. The van der Waals surface area contributed by atoms with Gasteiger partial charge in [0.1, 0.15) is 5.83 Å². The molecule has 184 valence electrons. The molecule has 5 heteroatoms. The number of rotatable bonds is 4. The number of nitrogens with one attached hydrogen (secondary N) is 1. The van der Waals surface area contributed by atoms with E-state index in [0.29, 0.717) is 18.5 Å². The Kier molecular flexibility index (Phi) is 7.25. The van der Waals surface area contributed by atoms with Gasteiger partial charge in [0.05, 0.1) is 12.0 Å². The van der Waals surface area contributed by atoms with Crippen LogP contribution in [0, 0.1) is 18.8 Å². The van der Waals surface area contributed by atoms with Gasteiger partial charge < -0.3 is 10.2 Å². The van der Waals surface area contributed by atoms with Crippen LogP contribution >= 0.6 is 0 Å². The van der Waals surface area contributed by atoms with Gasteiger partial charge in [-0.2, -0.15) is 0 Å². The summed E-state index contributed by atoms with van der Waals surface area (Å²) in [6.07, 6.45) is 6.68. The summed E-state index contributed by atoms with van der Waals surface area (Å²) in [5.41, 5.74) is 3.36. The van der Waals surface area contributed by atoms with Crippen molar-refractivity contribution >= 4 is 17.5 Å². The summed E-state index contributed by atoms with van der Waals surface area (Å²) in [4.78, 5) is 29.2. The second-order valence-corrected chi connectivity index (χ2v) is 10.7. The molecule has 1 fully saturated rings. The van der Waals surface area contributed by atoms with Crippen LogP contribution in [0.25, 0.3) is 0 Å². The number of carbonyl (C=O) groups excluding carboxylic acids is 2. The summed E-state index contributed by atoms with van der Waals surface area (Å²) in [6, 6.07) is 15.0. The monoisotopic (exact) mass is 474 g/mol. The lowest BCUT2D eigenvalue weighted by molar-refractivity contribution is -0.123. The number of amides is 2. The minimum atomic E-state index is -0.435. The normalized spacial score (nSPS) is 22.5. The van der Waals surface area contributed by atoms with Gasteiger partial charge in [-0.25, -0.2) is 4.39 Å². The molecule has 0 bridgehead atoms. The Bertz CT molecular complexity index is 1160. The first kappa shape index (κ1) is 24.9. The molecule has 0 radical (unpaired) electrons. The van der Waals surface area contributed by atoms with E-state index in [1.165, 1.54) is 6.08 Å². The molecule has 3 atom stereocenters. The fourth-order valence-electron chi connectivity index (χ4n) is 5.24. The first-order chi connectivity index (χ1) is 16.6. The molecular formula is C30H35FN2O2. The zero-order chi connectivity index (χ0) is 25.2. The van der Waals surface area contributed by atoms with E-state index in [4.69, 9.17) is 0 Å². The van der Waals surface area contributed by atoms with E-state index in [1.807, 2.05) is 60.4 Å². The Balaban J connectivity index is 1.65. The molecule has 4 rings (SSSR count). The van der Waals surface area contributed by atoms with Crippen molar-refractivity contribution in [2.24, 2.45) is 11.8 Å². The third-order valence-corrected chi connectivity index (χ3v) is 7.16. The van der Waals surface area contributed by atoms with E-state index in [0.717, 1.165) is 23.2 Å². The molecule has 4 nitrogen and oxygen atoms in total. The third-order valence-electron chi connectivity index (χ3n) is 7.16. The standard InChI is InChI=1S/C30H35FN2O2/c1-20-10-5-6-15-25(20)29(35)33-17-9-16-26(27(33)21-11-7-13-23(31)18-21)28(34)32-24-14-8-12-22(19-24)30(2,3)4/h5-8,10-15,19,21,26-27H,9,16-18H2,1-4H3,(H,32,34)/t21-,26+,27?/m1/s1. The van der Waals surface area contributed by atoms with Crippen LogP contribution in [0.15, 0.2) is 72.6 Å². The highest BCUT2D eigenvalue weighted by Gasteiger charge is 2.43. The number of nitrogens with zero attached hydrogens (tertiary/aromatic N) is 1. The second kappa shape index (κ2) is 10.2. The minimum absolute atomic E-state index is 0.0401. The number of hydrogen-bond donors (Lipinski definition) is 1. The number of likely N-dealkylation sites (tertiary alicyclic amines) is 1. The number of carbonyl (C=O) groups is 2. The van der Waals surface area contributed by atoms with Crippen LogP contribution in [0.3, 0.4) is 0 Å². The van der Waals surface area contributed by atoms with Crippen LogP contribution in [-0.2, 0) is 10.2 Å². The lowest BCUT2D eigenvalue weighted by Gasteiger charge is -2.44. The van der Waals surface area contributed by atoms with Crippen molar-refractivity contribution in [1.29, 1.82) is 0 Å². The maximum atomic E-state index is 14.3. The van der Waals surface area contributed by atoms with E-state index in [1.54, 1.807) is 6.08 Å². The van der Waals surface area contributed by atoms with Gasteiger partial charge in [-0.05, 0) is 60.6 Å². The molecule has 0 aromatic heterocycles. The van der Waals surface area contributed by atoms with Gasteiger partial charge in [0.25, 0.3) is 5.91 Å². The molecule has 1 heterocycles. The molecular weight excluding hydrogens is 439 g/mol. The smallest absolute Gasteiger partial charge is 0.254 e. The van der Waals surface area contributed by atoms with Crippen LogP contribution in [0.5, 0.6) is 0 Å². The Labute approximate surface area is 207 Å². The molecule has 2 aliphatic rings. The quantitative estimate of drug-likeness (QED) is 0.544. The number of anilines is 1. The van der Waals surface area contributed by atoms with Gasteiger partial charge in [-0.1, -0.05) is 63.3 Å². The first-order valence-corrected chi connectivity index (χ1v) is 12.5. The Hall–Kier alpha value is -3.21. The Morgan fingerprint density at radius 1 is 1.09 bits per heavy atom. The predicted octanol–water partition coefficient (Wildman–Crippen LogP) is 6.58. The van der Waals surface area contributed by atoms with Gasteiger partial charge in [0.2, 0.25) is 5.91 Å². The van der Waals surface area contributed by atoms with Gasteiger partial charge in [0.15, 0.2) is 0 Å². The average molecular weight is 475 g/mol. The minimum Gasteiger partial charge on any atom is -0.334 e. The lowest BCUT2D eigenvalue weighted by Crippen LogP contribution is -2.55. The average Bonchev–Trinajstić information content (AvgIpc) is 2.83. The molecule has 2 amide bonds. The zero-order valence-corrected chi connectivity index (χ0v) is 21.1. The molecule has 2 aromatic rings. The van der Waals surface area contributed by atoms with Crippen molar-refractivity contribution < 1.29 is 14.0 Å². The van der Waals surface area contributed by atoms with Crippen LogP contribution < -0.4 is 5.32 Å². The molecule has 35 heavy (non-hydrogen) atoms. The van der Waals surface area contributed by atoms with Gasteiger partial charge >= 0.3 is 0 Å². The van der Waals surface area contributed by atoms with Gasteiger partial charge in [0, 0.05) is 30.1 Å². The summed E-state index contributed by atoms with van der Waals surface area (Å²) in [5.74, 6) is -1.13. The van der Waals surface area contributed by atoms with Crippen LogP contribution in [-0.4, -0.2) is 29.3 Å². The zero-order valence-electron chi connectivity index (χ0n) is 21.1. The SMILES string of the molecule is Cc1ccccc1C(=O)N1CCC[C@H](C(=O)Nc2cccc(C(C)(C)C)c2)C1[C@@H]1C=CC=C(F)C1. The fourth-order valence-corrected chi connectivity index (χ4v) is 5.24. The highest BCUT2D eigenvalue weighted by molar-refractivity contribution is 5.98. The molecule has 0 saturated carbocycles. The van der Waals surface area contributed by atoms with E-state index in [9.17, 15) is 14.0 Å². The fraction of sp³-hybridized carbons (Fsp3) is 0.400. The van der Waals surface area contributed by atoms with E-state index in [2.05, 4.69) is 32.2 Å². The second-order valence-electron chi connectivity index (χ2n) is 10.7. The van der Waals surface area contributed by atoms with E-state index in [-0.39, 0.29) is 35.4 Å². The Morgan fingerprint density at radius 2 is 1.86 bits per heavy atom. The van der Waals surface area contributed by atoms with Crippen molar-refractivity contribution in [1.82, 2.24) is 4.90 Å². The summed E-state index contributed by atoms with van der Waals surface area (Å²) < 4.78 is 14.3. The molecule has 0 spiro atoms. The van der Waals surface area contributed by atoms with Crippen LogP contribution in [0.2, 0.25) is 0 Å². The number of allylic oxidation sites excluding steroid dienone is 3. The van der Waals surface area contributed by atoms with Crippen LogP contribution in [0.1, 0.15) is 61.5 Å². The maximum Gasteiger partial charge on any atom is 0.254 e. The van der Waals surface area contributed by atoms with Crippen LogP contribution in [0.4, 0.5) is 10.1 Å². The van der Waals surface area contributed by atoms with E-state index < -0.39 is 12.0 Å². The third kappa shape index (κ3) is 5.55. The summed E-state index contributed by atoms with van der Waals surface area (Å²) >= 11 is 0. The molecule has 1 aliphatic carbocycles. The topological polar surface area (TPSA) is 49.4 Å². The molecule has 1 saturated heterocycles. The Morgan fingerprint density at radius 3 is 2.57 bits per heavy atom. The first-order valence-electron chi connectivity index (χ1n) is 12.5. The maximum absolute atomic E-state index is 14.3. The summed E-state index contributed by atoms with van der Waals surface area (Å²) in [5, 5.41) is 3.11. The van der Waals surface area contributed by atoms with Crippen molar-refractivity contribution in [2.75, 3.05) is 11.9 Å². The lowest BCUT2D eigenvalue weighted by atomic mass is 9.77. The van der Waals surface area contributed by atoms with E-state index >= 15 is 0 Å². The van der Waals surface area contributed by atoms with Crippen molar-refractivity contribution in [3.05, 3.63) is 89.3 Å². The van der Waals surface area contributed by atoms with Gasteiger partial charge in [-0.3, -0.25) is 9.59 Å². The van der Waals surface area contributed by atoms with Crippen molar-refractivity contribution in [3.8, 4) is 0 Å². The number of benzene rings is 2. The number of halogens is 1. The number of aryl methyl sites for hydroxylation is 1. The van der Waals surface area contributed by atoms with Crippen molar-refractivity contribution in [3.63, 3.8) is 0 Å². The summed E-state index contributed by atoms with van der Waals surface area (Å²) in [6.45, 7) is 8.88. The molecule has 1 unspecified atom stereocenters. The van der Waals surface area contributed by atoms with Crippen molar-refractivity contribution in [2.45, 2.75) is 58.4 Å². The van der Waals surface area contributed by atoms with Gasteiger partial charge in [-0.15, -0.1) is 0 Å². The number of piperidine rings is 1. The molecule has 1 aliphatic heterocycles. The predicted molar refractivity (Wildman–Crippen MR) is 139 cm³/mol. The molecule has 2 aromatic carbocycles. The highest BCUT2D eigenvalue weighted by Crippen LogP contribution is 2.37. The highest BCUT2D eigenvalue weighted by atomic mass is 19.1.